The molecule has 0 aliphatic heterocycles. The molecule has 0 fully saturated rings. The molecule has 0 aliphatic rings. The molecule has 1 N–H and O–H groups in total. The maximum Gasteiger partial charge on any atom is 0.142 e. The molecular weight excluding hydrogens is 210 g/mol. The molecular formula is C11H9NO2S. The summed E-state index contributed by atoms with van der Waals surface area (Å²) >= 11 is 1.45. The van der Waals surface area contributed by atoms with E-state index >= 15 is 0 Å². The number of fused-ring (bicyclic) bond motifs is 1. The number of thiophene rings is 1. The number of hydrogen-bond acceptors (Lipinski definition) is 4. The van der Waals surface area contributed by atoms with E-state index in [-0.39, 0.29) is 6.61 Å². The first-order valence-corrected chi connectivity index (χ1v) is 5.22. The van der Waals surface area contributed by atoms with Gasteiger partial charge in [0.2, 0.25) is 0 Å². The number of ether oxygens (including phenoxy) is 1. The van der Waals surface area contributed by atoms with E-state index in [1.165, 1.54) is 11.3 Å². The minimum Gasteiger partial charge on any atom is -0.495 e. The van der Waals surface area contributed by atoms with Crippen LogP contribution in [0.1, 0.15) is 10.4 Å². The number of nitriles is 1. The predicted molar refractivity (Wildman–Crippen MR) is 59.0 cm³/mol. The van der Waals surface area contributed by atoms with Crippen molar-refractivity contribution in [1.82, 2.24) is 0 Å². The molecule has 0 amide bonds. The van der Waals surface area contributed by atoms with Crippen LogP contribution in [0.2, 0.25) is 0 Å². The molecule has 1 aromatic heterocycles. The van der Waals surface area contributed by atoms with Gasteiger partial charge in [0.25, 0.3) is 0 Å². The Hall–Kier alpha value is -1.57. The average molecular weight is 219 g/mol. The van der Waals surface area contributed by atoms with Crippen molar-refractivity contribution in [3.05, 3.63) is 28.6 Å². The Morgan fingerprint density at radius 2 is 2.33 bits per heavy atom. The van der Waals surface area contributed by atoms with Crippen LogP contribution in [0.15, 0.2) is 18.2 Å². The van der Waals surface area contributed by atoms with E-state index in [0.717, 1.165) is 15.0 Å². The lowest BCUT2D eigenvalue weighted by Gasteiger charge is -1.99. The van der Waals surface area contributed by atoms with Crippen molar-refractivity contribution in [1.29, 1.82) is 5.26 Å². The molecule has 0 saturated carbocycles. The fourth-order valence-corrected chi connectivity index (χ4v) is 2.59. The Kier molecular flexibility index (Phi) is 2.58. The summed E-state index contributed by atoms with van der Waals surface area (Å²) in [6.07, 6.45) is 0. The van der Waals surface area contributed by atoms with E-state index < -0.39 is 0 Å². The zero-order valence-corrected chi connectivity index (χ0v) is 8.97. The zero-order chi connectivity index (χ0) is 10.8. The molecule has 3 nitrogen and oxygen atoms in total. The Morgan fingerprint density at radius 1 is 1.53 bits per heavy atom. The number of hydrogen-bond donors (Lipinski definition) is 1. The van der Waals surface area contributed by atoms with Gasteiger partial charge in [-0.25, -0.2) is 0 Å². The third-order valence-corrected chi connectivity index (χ3v) is 3.31. The number of aliphatic hydroxyl groups is 1. The third-order valence-electron chi connectivity index (χ3n) is 2.19. The number of rotatable bonds is 2. The fraction of sp³-hybridized carbons (Fsp3) is 0.182. The minimum atomic E-state index is -0.0373. The number of benzene rings is 1. The highest BCUT2D eigenvalue weighted by molar-refractivity contribution is 7.19. The van der Waals surface area contributed by atoms with Crippen LogP contribution in [-0.4, -0.2) is 12.2 Å². The molecule has 4 heteroatoms. The molecule has 0 spiro atoms. The van der Waals surface area contributed by atoms with E-state index in [1.54, 1.807) is 13.2 Å². The lowest BCUT2D eigenvalue weighted by Crippen LogP contribution is -1.85. The quantitative estimate of drug-likeness (QED) is 0.843. The smallest absolute Gasteiger partial charge is 0.142 e. The van der Waals surface area contributed by atoms with Gasteiger partial charge in [0, 0.05) is 10.1 Å². The molecule has 2 aromatic rings. The van der Waals surface area contributed by atoms with E-state index in [1.807, 2.05) is 12.1 Å². The highest BCUT2D eigenvalue weighted by atomic mass is 32.1. The van der Waals surface area contributed by atoms with Gasteiger partial charge in [0.1, 0.15) is 5.75 Å². The Morgan fingerprint density at radius 3 is 2.93 bits per heavy atom. The highest BCUT2D eigenvalue weighted by Gasteiger charge is 2.11. The van der Waals surface area contributed by atoms with E-state index in [0.29, 0.717) is 11.3 Å². The lowest BCUT2D eigenvalue weighted by molar-refractivity contribution is 0.278. The first-order valence-electron chi connectivity index (χ1n) is 4.40. The molecule has 0 bridgehead atoms. The zero-order valence-electron chi connectivity index (χ0n) is 8.15. The normalized spacial score (nSPS) is 10.2. The molecule has 0 atom stereocenters. The van der Waals surface area contributed by atoms with Crippen LogP contribution >= 0.6 is 11.3 Å². The summed E-state index contributed by atoms with van der Waals surface area (Å²) in [5, 5.41) is 18.9. The molecule has 15 heavy (non-hydrogen) atoms. The van der Waals surface area contributed by atoms with Crippen molar-refractivity contribution in [3.8, 4) is 11.8 Å². The molecule has 0 unspecified atom stereocenters. The molecule has 2 rings (SSSR count). The van der Waals surface area contributed by atoms with Gasteiger partial charge >= 0.3 is 0 Å². The van der Waals surface area contributed by atoms with Gasteiger partial charge in [-0.2, -0.15) is 5.26 Å². The van der Waals surface area contributed by atoms with Crippen LogP contribution in [-0.2, 0) is 6.61 Å². The summed E-state index contributed by atoms with van der Waals surface area (Å²) < 4.78 is 6.20. The molecule has 0 radical (unpaired) electrons. The summed E-state index contributed by atoms with van der Waals surface area (Å²) in [6.45, 7) is -0.0373. The first kappa shape index (κ1) is 9.97. The summed E-state index contributed by atoms with van der Waals surface area (Å²) in [5.41, 5.74) is 0.621. The van der Waals surface area contributed by atoms with Crippen molar-refractivity contribution in [2.45, 2.75) is 6.61 Å². The minimum absolute atomic E-state index is 0.0373. The van der Waals surface area contributed by atoms with Gasteiger partial charge in [-0.05, 0) is 18.2 Å². The fourth-order valence-electron chi connectivity index (χ4n) is 1.52. The van der Waals surface area contributed by atoms with Gasteiger partial charge in [-0.1, -0.05) is 0 Å². The standard InChI is InChI=1S/C11H9NO2S/c1-14-11-8-3-2-7(5-12)4-9(8)15-10(11)6-13/h2-4,13H,6H2,1H3. The summed E-state index contributed by atoms with van der Waals surface area (Å²) in [7, 11) is 1.58. The Labute approximate surface area is 91.1 Å². The van der Waals surface area contributed by atoms with Crippen LogP contribution in [0.5, 0.6) is 5.75 Å². The largest absolute Gasteiger partial charge is 0.495 e. The Balaban J connectivity index is 2.72. The van der Waals surface area contributed by atoms with Crippen LogP contribution in [0, 0.1) is 11.3 Å². The van der Waals surface area contributed by atoms with Gasteiger partial charge in [-0.3, -0.25) is 0 Å². The summed E-state index contributed by atoms with van der Waals surface area (Å²) in [5.74, 6) is 0.710. The second kappa shape index (κ2) is 3.89. The average Bonchev–Trinajstić information content (AvgIpc) is 2.65. The molecule has 1 heterocycles. The monoisotopic (exact) mass is 219 g/mol. The van der Waals surface area contributed by atoms with Crippen LogP contribution in [0.3, 0.4) is 0 Å². The number of nitrogens with zero attached hydrogens (tertiary/aromatic N) is 1. The lowest BCUT2D eigenvalue weighted by atomic mass is 10.2. The molecule has 76 valence electrons. The molecule has 1 aromatic carbocycles. The van der Waals surface area contributed by atoms with Crippen molar-refractivity contribution < 1.29 is 9.84 Å². The maximum absolute atomic E-state index is 9.14. The summed E-state index contributed by atoms with van der Waals surface area (Å²) in [6, 6.07) is 7.49. The van der Waals surface area contributed by atoms with Gasteiger partial charge in [0.15, 0.2) is 0 Å². The third kappa shape index (κ3) is 1.56. The van der Waals surface area contributed by atoms with Crippen molar-refractivity contribution >= 4 is 21.4 Å². The van der Waals surface area contributed by atoms with Crippen LogP contribution in [0.25, 0.3) is 10.1 Å². The van der Waals surface area contributed by atoms with Crippen LogP contribution < -0.4 is 4.74 Å². The number of aliphatic hydroxyl groups excluding tert-OH is 1. The van der Waals surface area contributed by atoms with Gasteiger partial charge in [0.05, 0.1) is 30.2 Å². The van der Waals surface area contributed by atoms with Crippen molar-refractivity contribution in [2.24, 2.45) is 0 Å². The van der Waals surface area contributed by atoms with Crippen molar-refractivity contribution in [3.63, 3.8) is 0 Å². The van der Waals surface area contributed by atoms with Gasteiger partial charge < -0.3 is 9.84 Å². The Bertz CT molecular complexity index is 539. The molecule has 0 aliphatic carbocycles. The van der Waals surface area contributed by atoms with Crippen LogP contribution in [0.4, 0.5) is 0 Å². The predicted octanol–water partition coefficient (Wildman–Crippen LogP) is 2.27. The number of methoxy groups -OCH3 is 1. The first-order chi connectivity index (χ1) is 7.30. The van der Waals surface area contributed by atoms with E-state index in [2.05, 4.69) is 6.07 Å². The van der Waals surface area contributed by atoms with E-state index in [9.17, 15) is 0 Å². The van der Waals surface area contributed by atoms with E-state index in [4.69, 9.17) is 15.1 Å². The second-order valence-electron chi connectivity index (χ2n) is 3.04. The van der Waals surface area contributed by atoms with Crippen molar-refractivity contribution in [2.75, 3.05) is 7.11 Å². The maximum atomic E-state index is 9.14. The second-order valence-corrected chi connectivity index (χ2v) is 4.18. The highest BCUT2D eigenvalue weighted by Crippen LogP contribution is 2.37. The SMILES string of the molecule is COc1c(CO)sc2cc(C#N)ccc12. The topological polar surface area (TPSA) is 53.2 Å². The molecule has 0 saturated heterocycles. The van der Waals surface area contributed by atoms with Gasteiger partial charge in [-0.15, -0.1) is 11.3 Å². The summed E-state index contributed by atoms with van der Waals surface area (Å²) in [4.78, 5) is 0.794.